The Hall–Kier alpha value is -2.34. The van der Waals surface area contributed by atoms with Crippen LogP contribution >= 0.6 is 0 Å². The van der Waals surface area contributed by atoms with Crippen LogP contribution in [0.3, 0.4) is 0 Å². The van der Waals surface area contributed by atoms with E-state index in [-0.39, 0.29) is 5.91 Å². The van der Waals surface area contributed by atoms with Crippen LogP contribution in [-0.2, 0) is 17.8 Å². The van der Waals surface area contributed by atoms with Gasteiger partial charge in [-0.25, -0.2) is 0 Å². The third-order valence-electron chi connectivity index (χ3n) is 3.23. The first-order chi connectivity index (χ1) is 10.7. The van der Waals surface area contributed by atoms with E-state index in [1.165, 1.54) is 6.26 Å². The standard InChI is InChI=1S/C16H21N3O3/c1-19(11-14-8-10-22-18-14)12-16(20)17-9-7-13-3-5-15(21-2)6-4-13/h3-6,8,10H,7,9,11-12H2,1-2H3,(H,17,20). The molecule has 0 unspecified atom stereocenters. The number of hydrogen-bond acceptors (Lipinski definition) is 5. The molecule has 0 aliphatic rings. The molecule has 1 N–H and O–H groups in total. The zero-order chi connectivity index (χ0) is 15.8. The van der Waals surface area contributed by atoms with Gasteiger partial charge in [0.15, 0.2) is 0 Å². The number of benzene rings is 1. The van der Waals surface area contributed by atoms with Crippen molar-refractivity contribution in [2.45, 2.75) is 13.0 Å². The van der Waals surface area contributed by atoms with Gasteiger partial charge >= 0.3 is 0 Å². The van der Waals surface area contributed by atoms with Crippen molar-refractivity contribution in [1.29, 1.82) is 0 Å². The molecule has 0 saturated carbocycles. The number of rotatable bonds is 8. The highest BCUT2D eigenvalue weighted by atomic mass is 16.5. The number of methoxy groups -OCH3 is 1. The smallest absolute Gasteiger partial charge is 0.234 e. The summed E-state index contributed by atoms with van der Waals surface area (Å²) in [5.74, 6) is 0.835. The molecule has 6 heteroatoms. The molecule has 2 aromatic rings. The fraction of sp³-hybridized carbons (Fsp3) is 0.375. The molecule has 0 fully saturated rings. The lowest BCUT2D eigenvalue weighted by atomic mass is 10.1. The van der Waals surface area contributed by atoms with Crippen molar-refractivity contribution in [2.24, 2.45) is 0 Å². The summed E-state index contributed by atoms with van der Waals surface area (Å²) in [5, 5.41) is 6.74. The minimum Gasteiger partial charge on any atom is -0.497 e. The van der Waals surface area contributed by atoms with E-state index >= 15 is 0 Å². The minimum absolute atomic E-state index is 0.000457. The van der Waals surface area contributed by atoms with E-state index in [0.29, 0.717) is 19.6 Å². The van der Waals surface area contributed by atoms with Crippen molar-refractivity contribution >= 4 is 5.91 Å². The van der Waals surface area contributed by atoms with Gasteiger partial charge in [0.2, 0.25) is 5.91 Å². The first-order valence-corrected chi connectivity index (χ1v) is 7.15. The Morgan fingerprint density at radius 2 is 2.09 bits per heavy atom. The van der Waals surface area contributed by atoms with Gasteiger partial charge in [0.1, 0.15) is 12.0 Å². The lowest BCUT2D eigenvalue weighted by Crippen LogP contribution is -2.35. The molecule has 0 radical (unpaired) electrons. The molecule has 2 rings (SSSR count). The molecule has 6 nitrogen and oxygen atoms in total. The largest absolute Gasteiger partial charge is 0.497 e. The summed E-state index contributed by atoms with van der Waals surface area (Å²) < 4.78 is 9.88. The fourth-order valence-electron chi connectivity index (χ4n) is 2.09. The van der Waals surface area contributed by atoms with Crippen molar-refractivity contribution in [3.05, 3.63) is 47.9 Å². The Morgan fingerprint density at radius 3 is 2.73 bits per heavy atom. The van der Waals surface area contributed by atoms with Gasteiger partial charge in [0, 0.05) is 19.2 Å². The molecule has 0 aliphatic heterocycles. The zero-order valence-corrected chi connectivity index (χ0v) is 12.9. The average molecular weight is 303 g/mol. The molecule has 0 aliphatic carbocycles. The molecule has 0 bridgehead atoms. The minimum atomic E-state index is -0.000457. The molecule has 22 heavy (non-hydrogen) atoms. The second-order valence-corrected chi connectivity index (χ2v) is 5.11. The summed E-state index contributed by atoms with van der Waals surface area (Å²) in [4.78, 5) is 13.7. The molecule has 1 aromatic carbocycles. The number of nitrogens with one attached hydrogen (secondary N) is 1. The number of aromatic nitrogens is 1. The monoisotopic (exact) mass is 303 g/mol. The summed E-state index contributed by atoms with van der Waals surface area (Å²) in [6.45, 7) is 1.53. The van der Waals surface area contributed by atoms with Crippen molar-refractivity contribution in [2.75, 3.05) is 27.2 Å². The van der Waals surface area contributed by atoms with Gasteiger partial charge in [-0.05, 0) is 31.2 Å². The molecule has 1 amide bonds. The van der Waals surface area contributed by atoms with Crippen molar-refractivity contribution in [3.63, 3.8) is 0 Å². The van der Waals surface area contributed by atoms with Crippen molar-refractivity contribution in [1.82, 2.24) is 15.4 Å². The number of carbonyl (C=O) groups excluding carboxylic acids is 1. The maximum Gasteiger partial charge on any atom is 0.234 e. The summed E-state index contributed by atoms with van der Waals surface area (Å²) in [6, 6.07) is 9.63. The number of amides is 1. The van der Waals surface area contributed by atoms with Crippen LogP contribution in [0.1, 0.15) is 11.3 Å². The third-order valence-corrected chi connectivity index (χ3v) is 3.23. The first-order valence-electron chi connectivity index (χ1n) is 7.15. The van der Waals surface area contributed by atoms with Gasteiger partial charge in [0.05, 0.1) is 19.3 Å². The SMILES string of the molecule is COc1ccc(CCNC(=O)CN(C)Cc2ccon2)cc1. The predicted octanol–water partition coefficient (Wildman–Crippen LogP) is 1.47. The molecular weight excluding hydrogens is 282 g/mol. The number of ether oxygens (including phenoxy) is 1. The summed E-state index contributed by atoms with van der Waals surface area (Å²) in [6.07, 6.45) is 2.32. The Bertz CT molecular complexity index is 567. The zero-order valence-electron chi connectivity index (χ0n) is 12.9. The molecule has 118 valence electrons. The third kappa shape index (κ3) is 5.21. The first kappa shape index (κ1) is 16.0. The van der Waals surface area contributed by atoms with Gasteiger partial charge in [-0.3, -0.25) is 9.69 Å². The number of hydrogen-bond donors (Lipinski definition) is 1. The quantitative estimate of drug-likeness (QED) is 0.800. The van der Waals surface area contributed by atoms with E-state index in [2.05, 4.69) is 10.5 Å². The Morgan fingerprint density at radius 1 is 1.32 bits per heavy atom. The highest BCUT2D eigenvalue weighted by molar-refractivity contribution is 5.77. The second-order valence-electron chi connectivity index (χ2n) is 5.11. The second kappa shape index (κ2) is 8.19. The van der Waals surface area contributed by atoms with Crippen LogP contribution < -0.4 is 10.1 Å². The van der Waals surface area contributed by atoms with E-state index in [0.717, 1.165) is 23.4 Å². The molecule has 0 atom stereocenters. The molecule has 1 heterocycles. The predicted molar refractivity (Wildman–Crippen MR) is 82.5 cm³/mol. The van der Waals surface area contributed by atoms with Gasteiger partial charge in [-0.15, -0.1) is 0 Å². The van der Waals surface area contributed by atoms with Crippen LogP contribution in [0.25, 0.3) is 0 Å². The normalized spacial score (nSPS) is 10.7. The number of likely N-dealkylation sites (N-methyl/N-ethyl adjacent to an activating group) is 1. The highest BCUT2D eigenvalue weighted by Gasteiger charge is 2.08. The Balaban J connectivity index is 1.66. The molecule has 1 aromatic heterocycles. The summed E-state index contributed by atoms with van der Waals surface area (Å²) in [7, 11) is 3.52. The van der Waals surface area contributed by atoms with Crippen molar-refractivity contribution < 1.29 is 14.1 Å². The molecular formula is C16H21N3O3. The summed E-state index contributed by atoms with van der Waals surface area (Å²) >= 11 is 0. The lowest BCUT2D eigenvalue weighted by Gasteiger charge is -2.14. The van der Waals surface area contributed by atoms with E-state index in [1.54, 1.807) is 13.2 Å². The van der Waals surface area contributed by atoms with Crippen LogP contribution in [0, 0.1) is 0 Å². The molecule has 0 spiro atoms. The van der Waals surface area contributed by atoms with Crippen LogP contribution in [0.4, 0.5) is 0 Å². The van der Waals surface area contributed by atoms with Gasteiger partial charge < -0.3 is 14.6 Å². The van der Waals surface area contributed by atoms with Crippen LogP contribution in [0.2, 0.25) is 0 Å². The van der Waals surface area contributed by atoms with E-state index < -0.39 is 0 Å². The Kier molecular flexibility index (Phi) is 5.97. The van der Waals surface area contributed by atoms with E-state index in [1.807, 2.05) is 36.2 Å². The topological polar surface area (TPSA) is 67.6 Å². The maximum absolute atomic E-state index is 11.9. The average Bonchev–Trinajstić information content (AvgIpc) is 3.00. The van der Waals surface area contributed by atoms with Crippen LogP contribution in [0.5, 0.6) is 5.75 Å². The lowest BCUT2D eigenvalue weighted by molar-refractivity contribution is -0.122. The number of nitrogens with zero attached hydrogens (tertiary/aromatic N) is 2. The maximum atomic E-state index is 11.9. The van der Waals surface area contributed by atoms with E-state index in [4.69, 9.17) is 9.26 Å². The number of carbonyl (C=O) groups is 1. The van der Waals surface area contributed by atoms with Crippen molar-refractivity contribution in [3.8, 4) is 5.75 Å². The fourth-order valence-corrected chi connectivity index (χ4v) is 2.09. The highest BCUT2D eigenvalue weighted by Crippen LogP contribution is 2.11. The summed E-state index contributed by atoms with van der Waals surface area (Å²) in [5.41, 5.74) is 1.98. The van der Waals surface area contributed by atoms with E-state index in [9.17, 15) is 4.79 Å². The van der Waals surface area contributed by atoms with Gasteiger partial charge in [-0.1, -0.05) is 17.3 Å². The Labute approximate surface area is 130 Å². The van der Waals surface area contributed by atoms with Crippen LogP contribution in [0.15, 0.2) is 41.1 Å². The molecule has 0 saturated heterocycles. The van der Waals surface area contributed by atoms with Gasteiger partial charge in [-0.2, -0.15) is 0 Å². The van der Waals surface area contributed by atoms with Crippen LogP contribution in [-0.4, -0.2) is 43.2 Å². The van der Waals surface area contributed by atoms with Gasteiger partial charge in [0.25, 0.3) is 0 Å².